The Bertz CT molecular complexity index is 637. The molecule has 47 heavy (non-hydrogen) atoms. The molecule has 0 aromatic heterocycles. The second-order valence-corrected chi connectivity index (χ2v) is 14.8. The van der Waals surface area contributed by atoms with Crippen LogP contribution in [-0.2, 0) is 4.79 Å². The van der Waals surface area contributed by atoms with Crippen LogP contribution in [0.3, 0.4) is 0 Å². The summed E-state index contributed by atoms with van der Waals surface area (Å²) in [6.45, 7) is 4.30. The van der Waals surface area contributed by atoms with Gasteiger partial charge in [-0.15, -0.1) is 0 Å². The summed E-state index contributed by atoms with van der Waals surface area (Å²) in [7, 11) is 0. The van der Waals surface area contributed by atoms with E-state index in [1.165, 1.54) is 193 Å². The third-order valence-corrected chi connectivity index (χ3v) is 10.0. The van der Waals surface area contributed by atoms with E-state index in [1.54, 1.807) is 6.08 Å². The highest BCUT2D eigenvalue weighted by Crippen LogP contribution is 2.16. The van der Waals surface area contributed by atoms with Gasteiger partial charge in [0.25, 0.3) is 0 Å². The lowest BCUT2D eigenvalue weighted by atomic mass is 10.0. The molecule has 0 aliphatic carbocycles. The molecular weight excluding hydrogens is 578 g/mol. The van der Waals surface area contributed by atoms with Crippen LogP contribution in [0.4, 0.5) is 0 Å². The molecule has 3 N–H and O–H groups in total. The molecule has 0 saturated heterocycles. The van der Waals surface area contributed by atoms with Crippen molar-refractivity contribution in [1.82, 2.24) is 5.32 Å². The van der Waals surface area contributed by atoms with Gasteiger partial charge in [-0.1, -0.05) is 225 Å². The van der Waals surface area contributed by atoms with Gasteiger partial charge in [0.05, 0.1) is 18.8 Å². The van der Waals surface area contributed by atoms with Gasteiger partial charge in [-0.3, -0.25) is 4.79 Å². The summed E-state index contributed by atoms with van der Waals surface area (Å²) in [6, 6.07) is -0.614. The SMILES string of the molecule is CCCCCCCCCC/C=C/[C@@H](O)[C@H](CO)NC(=O)CCCCCCCCCCCCCCCCCCCCCCCCCCC. The van der Waals surface area contributed by atoms with Gasteiger partial charge in [0.1, 0.15) is 0 Å². The van der Waals surface area contributed by atoms with Crippen LogP contribution >= 0.6 is 0 Å². The predicted molar refractivity (Wildman–Crippen MR) is 207 cm³/mol. The third kappa shape index (κ3) is 36.2. The Morgan fingerprint density at radius 1 is 0.489 bits per heavy atom. The minimum atomic E-state index is -0.831. The number of hydrogen-bond acceptors (Lipinski definition) is 3. The molecule has 0 radical (unpaired) electrons. The number of nitrogens with one attached hydrogen (secondary N) is 1. The van der Waals surface area contributed by atoms with Crippen LogP contribution in [0.15, 0.2) is 12.2 Å². The average Bonchev–Trinajstić information content (AvgIpc) is 3.07. The van der Waals surface area contributed by atoms with Crippen LogP contribution in [0.1, 0.15) is 239 Å². The van der Waals surface area contributed by atoms with Crippen LogP contribution in [0.25, 0.3) is 0 Å². The van der Waals surface area contributed by atoms with Crippen molar-refractivity contribution in [2.75, 3.05) is 6.61 Å². The summed E-state index contributed by atoms with van der Waals surface area (Å²) in [5, 5.41) is 22.9. The van der Waals surface area contributed by atoms with Crippen molar-refractivity contribution in [3.63, 3.8) is 0 Å². The number of allylic oxidation sites excluding steroid dienone is 1. The number of carbonyl (C=O) groups excluding carboxylic acids is 1. The molecule has 0 spiro atoms. The molecule has 0 rings (SSSR count). The fourth-order valence-corrected chi connectivity index (χ4v) is 6.71. The molecule has 0 heterocycles. The summed E-state index contributed by atoms with van der Waals surface area (Å²) in [5.74, 6) is -0.0614. The number of aliphatic hydroxyl groups excluding tert-OH is 2. The van der Waals surface area contributed by atoms with Gasteiger partial charge >= 0.3 is 0 Å². The maximum absolute atomic E-state index is 12.3. The van der Waals surface area contributed by atoms with E-state index in [9.17, 15) is 15.0 Å². The van der Waals surface area contributed by atoms with E-state index in [0.29, 0.717) is 6.42 Å². The molecule has 280 valence electrons. The van der Waals surface area contributed by atoms with Gasteiger partial charge in [-0.2, -0.15) is 0 Å². The zero-order chi connectivity index (χ0) is 34.3. The minimum Gasteiger partial charge on any atom is -0.394 e. The van der Waals surface area contributed by atoms with Gasteiger partial charge in [0, 0.05) is 6.42 Å². The lowest BCUT2D eigenvalue weighted by Gasteiger charge is -2.20. The molecule has 0 aromatic rings. The molecule has 0 fully saturated rings. The highest BCUT2D eigenvalue weighted by Gasteiger charge is 2.17. The zero-order valence-electron chi connectivity index (χ0n) is 32.1. The van der Waals surface area contributed by atoms with Gasteiger partial charge in [0.2, 0.25) is 5.91 Å². The Kier molecular flexibility index (Phi) is 38.8. The van der Waals surface area contributed by atoms with Crippen LogP contribution in [-0.4, -0.2) is 34.9 Å². The molecule has 0 aliphatic heterocycles. The maximum Gasteiger partial charge on any atom is 0.220 e. The molecule has 0 saturated carbocycles. The van der Waals surface area contributed by atoms with Crippen molar-refractivity contribution in [3.8, 4) is 0 Å². The van der Waals surface area contributed by atoms with Crippen LogP contribution < -0.4 is 5.32 Å². The van der Waals surface area contributed by atoms with Gasteiger partial charge in [0.15, 0.2) is 0 Å². The lowest BCUT2D eigenvalue weighted by molar-refractivity contribution is -0.123. The highest BCUT2D eigenvalue weighted by molar-refractivity contribution is 5.76. The van der Waals surface area contributed by atoms with Crippen LogP contribution in [0.5, 0.6) is 0 Å². The van der Waals surface area contributed by atoms with Crippen molar-refractivity contribution < 1.29 is 15.0 Å². The molecule has 4 heteroatoms. The minimum absolute atomic E-state index is 0.0614. The van der Waals surface area contributed by atoms with Crippen molar-refractivity contribution in [3.05, 3.63) is 12.2 Å². The first kappa shape index (κ1) is 46.1. The van der Waals surface area contributed by atoms with E-state index in [2.05, 4.69) is 19.2 Å². The molecule has 0 aromatic carbocycles. The Morgan fingerprint density at radius 2 is 0.787 bits per heavy atom. The summed E-state index contributed by atoms with van der Waals surface area (Å²) < 4.78 is 0. The van der Waals surface area contributed by atoms with Crippen molar-refractivity contribution in [1.29, 1.82) is 0 Å². The number of unbranched alkanes of at least 4 members (excludes halogenated alkanes) is 32. The topological polar surface area (TPSA) is 69.6 Å². The molecule has 0 bridgehead atoms. The fraction of sp³-hybridized carbons (Fsp3) is 0.930. The smallest absolute Gasteiger partial charge is 0.220 e. The zero-order valence-corrected chi connectivity index (χ0v) is 32.1. The van der Waals surface area contributed by atoms with Crippen LogP contribution in [0, 0.1) is 0 Å². The monoisotopic (exact) mass is 664 g/mol. The summed E-state index contributed by atoms with van der Waals surface area (Å²) in [4.78, 5) is 12.3. The van der Waals surface area contributed by atoms with Crippen molar-refractivity contribution in [2.45, 2.75) is 251 Å². The van der Waals surface area contributed by atoms with E-state index in [0.717, 1.165) is 25.7 Å². The molecule has 0 aliphatic rings. The first-order valence-corrected chi connectivity index (χ1v) is 21.4. The second-order valence-electron chi connectivity index (χ2n) is 14.8. The Hall–Kier alpha value is -0.870. The predicted octanol–water partition coefficient (Wildman–Crippen LogP) is 13.1. The van der Waals surface area contributed by atoms with Gasteiger partial charge < -0.3 is 15.5 Å². The van der Waals surface area contributed by atoms with Crippen LogP contribution in [0.2, 0.25) is 0 Å². The van der Waals surface area contributed by atoms with E-state index in [-0.39, 0.29) is 12.5 Å². The molecule has 1 amide bonds. The highest BCUT2D eigenvalue weighted by atomic mass is 16.3. The standard InChI is InChI=1S/C43H85NO3/c1-3-5-7-9-11-13-15-16-17-18-19-20-21-22-23-24-25-26-27-28-29-31-33-35-37-39-43(47)44-41(40-45)42(46)38-36-34-32-30-14-12-10-8-6-4-2/h36,38,41-42,45-46H,3-35,37,39-40H2,1-2H3,(H,44,47)/b38-36+/t41-,42+/m0/s1. The van der Waals surface area contributed by atoms with E-state index < -0.39 is 12.1 Å². The van der Waals surface area contributed by atoms with Gasteiger partial charge in [-0.05, 0) is 19.3 Å². The average molecular weight is 664 g/mol. The van der Waals surface area contributed by atoms with Crippen molar-refractivity contribution in [2.24, 2.45) is 0 Å². The quantitative estimate of drug-likeness (QED) is 0.0453. The summed E-state index contributed by atoms with van der Waals surface area (Å²) in [6.07, 6.45) is 49.0. The third-order valence-electron chi connectivity index (χ3n) is 10.0. The first-order chi connectivity index (χ1) is 23.2. The van der Waals surface area contributed by atoms with Gasteiger partial charge in [-0.25, -0.2) is 0 Å². The lowest BCUT2D eigenvalue weighted by Crippen LogP contribution is -2.45. The van der Waals surface area contributed by atoms with E-state index in [1.807, 2.05) is 6.08 Å². The normalized spacial score (nSPS) is 13.0. The largest absolute Gasteiger partial charge is 0.394 e. The summed E-state index contributed by atoms with van der Waals surface area (Å²) in [5.41, 5.74) is 0. The number of rotatable bonds is 39. The molecular formula is C43H85NO3. The Labute approximate surface area is 295 Å². The number of hydrogen-bond donors (Lipinski definition) is 3. The molecule has 2 atom stereocenters. The van der Waals surface area contributed by atoms with Crippen molar-refractivity contribution >= 4 is 5.91 Å². The number of amides is 1. The maximum atomic E-state index is 12.3. The van der Waals surface area contributed by atoms with E-state index in [4.69, 9.17) is 0 Å². The fourth-order valence-electron chi connectivity index (χ4n) is 6.71. The number of aliphatic hydroxyl groups is 2. The van der Waals surface area contributed by atoms with E-state index >= 15 is 0 Å². The second kappa shape index (κ2) is 39.6. The molecule has 0 unspecified atom stereocenters. The Balaban J connectivity index is 3.44. The Morgan fingerprint density at radius 3 is 1.11 bits per heavy atom. The molecule has 4 nitrogen and oxygen atoms in total. The first-order valence-electron chi connectivity index (χ1n) is 21.4. The summed E-state index contributed by atoms with van der Waals surface area (Å²) >= 11 is 0. The number of carbonyl (C=O) groups is 1.